The molecule has 7 nitrogen and oxygen atoms in total. The topological polar surface area (TPSA) is 91.7 Å². The van der Waals surface area contributed by atoms with Gasteiger partial charge in [-0.2, -0.15) is 5.10 Å². The molecule has 0 saturated heterocycles. The van der Waals surface area contributed by atoms with Crippen molar-refractivity contribution in [2.75, 3.05) is 5.73 Å². The highest BCUT2D eigenvalue weighted by Gasteiger charge is 2.26. The van der Waals surface area contributed by atoms with Crippen LogP contribution in [0.5, 0.6) is 11.6 Å². The number of hydrogen-bond donors (Lipinski definition) is 1. The summed E-state index contributed by atoms with van der Waals surface area (Å²) < 4.78 is 7.92. The number of nitrogens with two attached hydrogens (primary N) is 1. The van der Waals surface area contributed by atoms with Crippen LogP contribution in [-0.4, -0.2) is 24.7 Å². The van der Waals surface area contributed by atoms with Crippen molar-refractivity contribution in [1.29, 1.82) is 0 Å². The molecule has 0 atom stereocenters. The van der Waals surface area contributed by atoms with Crippen LogP contribution in [0.3, 0.4) is 0 Å². The van der Waals surface area contributed by atoms with Crippen molar-refractivity contribution in [3.63, 3.8) is 0 Å². The van der Waals surface area contributed by atoms with Crippen LogP contribution >= 0.6 is 0 Å². The Morgan fingerprint density at radius 3 is 2.61 bits per heavy atom. The summed E-state index contributed by atoms with van der Waals surface area (Å²) in [6, 6.07) is 20.0. The molecule has 3 heterocycles. The molecule has 6 rings (SSSR count). The van der Waals surface area contributed by atoms with Gasteiger partial charge in [0.1, 0.15) is 23.6 Å². The summed E-state index contributed by atoms with van der Waals surface area (Å²) >= 11 is 0. The fourth-order valence-corrected chi connectivity index (χ4v) is 4.00. The molecular formula is C24H20N6O. The third-order valence-corrected chi connectivity index (χ3v) is 5.84. The standard InChI is InChI=1S/C24H20N6O/c25-23-21-22(29-30(17-5-4-6-17)24(21)27-14-26-23)16-10-9-15-11-12-20(28-19(15)13-16)31-18-7-2-1-3-8-18/h1-3,7-14,17H,4-6H2,(H2,25,26,27). The molecule has 0 aliphatic heterocycles. The van der Waals surface area contributed by atoms with Gasteiger partial charge in [0.15, 0.2) is 5.65 Å². The number of anilines is 1. The molecule has 0 bridgehead atoms. The first-order valence-electron chi connectivity index (χ1n) is 10.4. The van der Waals surface area contributed by atoms with Gasteiger partial charge in [-0.1, -0.05) is 30.3 Å². The Hall–Kier alpha value is -4.00. The minimum atomic E-state index is 0.370. The first kappa shape index (κ1) is 17.8. The number of benzene rings is 2. The number of aromatic nitrogens is 5. The molecular weight excluding hydrogens is 388 g/mol. The van der Waals surface area contributed by atoms with Crippen molar-refractivity contribution >= 4 is 27.8 Å². The largest absolute Gasteiger partial charge is 0.439 e. The van der Waals surface area contributed by atoms with Gasteiger partial charge in [0, 0.05) is 17.0 Å². The molecule has 5 aromatic rings. The van der Waals surface area contributed by atoms with E-state index in [1.165, 1.54) is 12.7 Å². The zero-order valence-corrected chi connectivity index (χ0v) is 16.8. The summed E-state index contributed by atoms with van der Waals surface area (Å²) in [6.07, 6.45) is 4.94. The molecule has 1 saturated carbocycles. The predicted molar refractivity (Wildman–Crippen MR) is 120 cm³/mol. The van der Waals surface area contributed by atoms with E-state index in [1.807, 2.05) is 65.3 Å². The Morgan fingerprint density at radius 2 is 1.81 bits per heavy atom. The molecule has 1 aliphatic rings. The number of hydrogen-bond acceptors (Lipinski definition) is 6. The summed E-state index contributed by atoms with van der Waals surface area (Å²) in [4.78, 5) is 13.4. The minimum absolute atomic E-state index is 0.370. The second-order valence-electron chi connectivity index (χ2n) is 7.81. The van der Waals surface area contributed by atoms with Crippen molar-refractivity contribution in [3.05, 3.63) is 67.0 Å². The summed E-state index contributed by atoms with van der Waals surface area (Å²) in [5, 5.41) is 6.74. The van der Waals surface area contributed by atoms with Gasteiger partial charge >= 0.3 is 0 Å². The summed E-state index contributed by atoms with van der Waals surface area (Å²) in [5.74, 6) is 1.74. The lowest BCUT2D eigenvalue weighted by molar-refractivity contribution is 0.296. The number of nitrogens with zero attached hydrogens (tertiary/aromatic N) is 5. The Balaban J connectivity index is 1.46. The number of para-hydroxylation sites is 1. The van der Waals surface area contributed by atoms with E-state index in [4.69, 9.17) is 20.6 Å². The van der Waals surface area contributed by atoms with Gasteiger partial charge in [-0.05, 0) is 43.5 Å². The average molecular weight is 408 g/mol. The summed E-state index contributed by atoms with van der Waals surface area (Å²) in [6.45, 7) is 0. The maximum atomic E-state index is 6.25. The number of fused-ring (bicyclic) bond motifs is 2. The highest BCUT2D eigenvalue weighted by molar-refractivity contribution is 5.99. The lowest BCUT2D eigenvalue weighted by Gasteiger charge is -2.25. The summed E-state index contributed by atoms with van der Waals surface area (Å²) in [7, 11) is 0. The lowest BCUT2D eigenvalue weighted by atomic mass is 9.93. The Labute approximate surface area is 178 Å². The van der Waals surface area contributed by atoms with Crippen molar-refractivity contribution < 1.29 is 4.74 Å². The van der Waals surface area contributed by atoms with E-state index < -0.39 is 0 Å². The second kappa shape index (κ2) is 7.05. The van der Waals surface area contributed by atoms with E-state index in [9.17, 15) is 0 Å². The molecule has 0 unspecified atom stereocenters. The van der Waals surface area contributed by atoms with Crippen molar-refractivity contribution in [3.8, 4) is 22.9 Å². The first-order valence-corrected chi connectivity index (χ1v) is 10.4. The lowest BCUT2D eigenvalue weighted by Crippen LogP contribution is -2.18. The summed E-state index contributed by atoms with van der Waals surface area (Å²) in [5.41, 5.74) is 9.59. The molecule has 31 heavy (non-hydrogen) atoms. The molecule has 2 aromatic carbocycles. The number of ether oxygens (including phenoxy) is 1. The van der Waals surface area contributed by atoms with Crippen molar-refractivity contribution in [2.24, 2.45) is 0 Å². The first-order chi connectivity index (χ1) is 15.3. The van der Waals surface area contributed by atoms with E-state index in [0.717, 1.165) is 51.8 Å². The fourth-order valence-electron chi connectivity index (χ4n) is 4.00. The van der Waals surface area contributed by atoms with Crippen molar-refractivity contribution in [1.82, 2.24) is 24.7 Å². The van der Waals surface area contributed by atoms with Gasteiger partial charge in [0.2, 0.25) is 5.88 Å². The van der Waals surface area contributed by atoms with Crippen LogP contribution in [0.15, 0.2) is 67.0 Å². The van der Waals surface area contributed by atoms with E-state index >= 15 is 0 Å². The van der Waals surface area contributed by atoms with Gasteiger partial charge in [-0.25, -0.2) is 19.6 Å². The number of rotatable bonds is 4. The Morgan fingerprint density at radius 1 is 0.968 bits per heavy atom. The van der Waals surface area contributed by atoms with Crippen LogP contribution < -0.4 is 10.5 Å². The van der Waals surface area contributed by atoms with Crippen LogP contribution in [0.1, 0.15) is 25.3 Å². The van der Waals surface area contributed by atoms with Gasteiger partial charge in [0.05, 0.1) is 16.9 Å². The highest BCUT2D eigenvalue weighted by atomic mass is 16.5. The van der Waals surface area contributed by atoms with Crippen molar-refractivity contribution in [2.45, 2.75) is 25.3 Å². The Bertz CT molecular complexity index is 1410. The molecule has 7 heteroatoms. The van der Waals surface area contributed by atoms with Gasteiger partial charge in [-0.15, -0.1) is 0 Å². The van der Waals surface area contributed by atoms with Crippen LogP contribution in [0, 0.1) is 0 Å². The zero-order valence-electron chi connectivity index (χ0n) is 16.8. The predicted octanol–water partition coefficient (Wildman–Crippen LogP) is 5.14. The maximum absolute atomic E-state index is 6.25. The highest BCUT2D eigenvalue weighted by Crippen LogP contribution is 2.38. The molecule has 2 N–H and O–H groups in total. The monoisotopic (exact) mass is 408 g/mol. The molecule has 3 aromatic heterocycles. The molecule has 0 radical (unpaired) electrons. The van der Waals surface area contributed by atoms with Crippen LogP contribution in [-0.2, 0) is 0 Å². The quantitative estimate of drug-likeness (QED) is 0.443. The fraction of sp³-hybridized carbons (Fsp3) is 0.167. The van der Waals surface area contributed by atoms with E-state index in [-0.39, 0.29) is 0 Å². The molecule has 152 valence electrons. The zero-order chi connectivity index (χ0) is 20.8. The Kier molecular flexibility index (Phi) is 4.06. The van der Waals surface area contributed by atoms with E-state index in [1.54, 1.807) is 0 Å². The smallest absolute Gasteiger partial charge is 0.219 e. The third-order valence-electron chi connectivity index (χ3n) is 5.84. The van der Waals surface area contributed by atoms with Gasteiger partial charge < -0.3 is 10.5 Å². The van der Waals surface area contributed by atoms with E-state index in [0.29, 0.717) is 17.7 Å². The molecule has 0 spiro atoms. The average Bonchev–Trinajstić information content (AvgIpc) is 3.13. The molecule has 1 aliphatic carbocycles. The van der Waals surface area contributed by atoms with Gasteiger partial charge in [0.25, 0.3) is 0 Å². The SMILES string of the molecule is Nc1ncnc2c1c(-c1ccc3ccc(Oc4ccccc4)nc3c1)nn2C1CCC1. The van der Waals surface area contributed by atoms with Crippen LogP contribution in [0.4, 0.5) is 5.82 Å². The normalized spacial score (nSPS) is 14.1. The van der Waals surface area contributed by atoms with Crippen LogP contribution in [0.2, 0.25) is 0 Å². The molecule has 1 fully saturated rings. The third kappa shape index (κ3) is 3.06. The number of nitrogen functional groups attached to an aromatic ring is 1. The van der Waals surface area contributed by atoms with E-state index in [2.05, 4.69) is 9.97 Å². The van der Waals surface area contributed by atoms with Gasteiger partial charge in [-0.3, -0.25) is 0 Å². The van der Waals surface area contributed by atoms with Crippen LogP contribution in [0.25, 0.3) is 33.2 Å². The minimum Gasteiger partial charge on any atom is -0.439 e. The number of pyridine rings is 1. The maximum Gasteiger partial charge on any atom is 0.219 e. The second-order valence-corrected chi connectivity index (χ2v) is 7.81. The molecule has 0 amide bonds.